The number of hydrogen-bond acceptors (Lipinski definition) is 4. The van der Waals surface area contributed by atoms with E-state index in [-0.39, 0.29) is 16.8 Å². The van der Waals surface area contributed by atoms with Gasteiger partial charge in [-0.2, -0.15) is 5.26 Å². The number of nitriles is 1. The number of carbonyl (C=O) groups is 2. The molecule has 0 saturated heterocycles. The van der Waals surface area contributed by atoms with E-state index >= 15 is 0 Å². The molecule has 2 aromatic rings. The van der Waals surface area contributed by atoms with Gasteiger partial charge < -0.3 is 14.8 Å². The summed E-state index contributed by atoms with van der Waals surface area (Å²) in [5.41, 5.74) is 0.541. The Balaban J connectivity index is 2.35. The molecule has 0 spiro atoms. The molecule has 6 heteroatoms. The number of carbonyl (C=O) groups excluding carboxylic acids is 1. The average molecular weight is 284 g/mol. The highest BCUT2D eigenvalue weighted by molar-refractivity contribution is 6.08. The normalized spacial score (nSPS) is 9.95. The Morgan fingerprint density at radius 3 is 2.48 bits per heavy atom. The third-order valence-corrected chi connectivity index (χ3v) is 2.91. The van der Waals surface area contributed by atoms with Crippen molar-refractivity contribution in [1.82, 2.24) is 0 Å². The Morgan fingerprint density at radius 1 is 1.24 bits per heavy atom. The summed E-state index contributed by atoms with van der Waals surface area (Å²) in [5.74, 6) is -0.634. The third-order valence-electron chi connectivity index (χ3n) is 2.91. The first-order valence-electron chi connectivity index (χ1n) is 6.08. The van der Waals surface area contributed by atoms with Gasteiger partial charge in [-0.3, -0.25) is 4.79 Å². The van der Waals surface area contributed by atoms with Crippen molar-refractivity contribution < 1.29 is 19.1 Å². The number of rotatable bonds is 3. The lowest BCUT2D eigenvalue weighted by atomic mass is 10.1. The van der Waals surface area contributed by atoms with E-state index in [4.69, 9.17) is 14.8 Å². The Morgan fingerprint density at radius 2 is 1.95 bits per heavy atom. The molecule has 21 heavy (non-hydrogen) atoms. The van der Waals surface area contributed by atoms with Crippen LogP contribution in [0.15, 0.2) is 28.7 Å². The molecule has 1 aromatic carbocycles. The highest BCUT2D eigenvalue weighted by atomic mass is 16.4. The maximum absolute atomic E-state index is 12.1. The minimum absolute atomic E-state index is 0.129. The standard InChI is InChI=1S/C15H12N2O4/c1-8-5-11(9(2)21-8)14(18)17-13-4-3-10(7-16)6-12(13)15(19)20/h3-6H,1-2H3,(H,17,18)(H,19,20). The van der Waals surface area contributed by atoms with Crippen molar-refractivity contribution in [2.24, 2.45) is 0 Å². The van der Waals surface area contributed by atoms with Crippen LogP contribution in [-0.2, 0) is 0 Å². The number of nitrogens with one attached hydrogen (secondary N) is 1. The molecule has 1 amide bonds. The van der Waals surface area contributed by atoms with Crippen molar-refractivity contribution in [2.45, 2.75) is 13.8 Å². The van der Waals surface area contributed by atoms with Gasteiger partial charge in [-0.15, -0.1) is 0 Å². The second-order valence-electron chi connectivity index (χ2n) is 4.46. The molecule has 0 aliphatic heterocycles. The minimum atomic E-state index is -1.22. The Bertz CT molecular complexity index is 768. The van der Waals surface area contributed by atoms with E-state index in [2.05, 4.69) is 5.32 Å². The summed E-state index contributed by atoms with van der Waals surface area (Å²) in [5, 5.41) is 20.5. The highest BCUT2D eigenvalue weighted by Crippen LogP contribution is 2.20. The number of nitrogens with zero attached hydrogens (tertiary/aromatic N) is 1. The molecule has 6 nitrogen and oxygen atoms in total. The van der Waals surface area contributed by atoms with Crippen molar-refractivity contribution >= 4 is 17.6 Å². The van der Waals surface area contributed by atoms with E-state index in [1.54, 1.807) is 19.9 Å². The molecule has 0 aliphatic carbocycles. The van der Waals surface area contributed by atoms with Crippen LogP contribution < -0.4 is 5.32 Å². The lowest BCUT2D eigenvalue weighted by Crippen LogP contribution is -2.15. The third kappa shape index (κ3) is 2.92. The van der Waals surface area contributed by atoms with Gasteiger partial charge in [0.15, 0.2) is 0 Å². The van der Waals surface area contributed by atoms with E-state index in [0.29, 0.717) is 17.1 Å². The molecule has 106 valence electrons. The van der Waals surface area contributed by atoms with Crippen molar-refractivity contribution in [1.29, 1.82) is 5.26 Å². The van der Waals surface area contributed by atoms with Gasteiger partial charge >= 0.3 is 5.97 Å². The Labute approximate surface area is 120 Å². The molecule has 0 saturated carbocycles. The smallest absolute Gasteiger partial charge is 0.337 e. The lowest BCUT2D eigenvalue weighted by molar-refractivity contribution is 0.0698. The van der Waals surface area contributed by atoms with Crippen molar-refractivity contribution in [3.63, 3.8) is 0 Å². The van der Waals surface area contributed by atoms with Gasteiger partial charge in [0.1, 0.15) is 11.5 Å². The minimum Gasteiger partial charge on any atom is -0.478 e. The van der Waals surface area contributed by atoms with E-state index in [1.165, 1.54) is 18.2 Å². The molecule has 1 aromatic heterocycles. The number of hydrogen-bond donors (Lipinski definition) is 2. The second kappa shape index (κ2) is 5.51. The van der Waals surface area contributed by atoms with E-state index in [1.807, 2.05) is 6.07 Å². The first-order chi connectivity index (χ1) is 9.92. The number of aryl methyl sites for hydroxylation is 2. The molecule has 0 fully saturated rings. The monoisotopic (exact) mass is 284 g/mol. The number of benzene rings is 1. The van der Waals surface area contributed by atoms with E-state index in [0.717, 1.165) is 0 Å². The summed E-state index contributed by atoms with van der Waals surface area (Å²) >= 11 is 0. The summed E-state index contributed by atoms with van der Waals surface area (Å²) < 4.78 is 5.27. The molecule has 0 bridgehead atoms. The first-order valence-corrected chi connectivity index (χ1v) is 6.08. The fourth-order valence-corrected chi connectivity index (χ4v) is 1.95. The lowest BCUT2D eigenvalue weighted by Gasteiger charge is -2.08. The van der Waals surface area contributed by atoms with E-state index < -0.39 is 11.9 Å². The predicted octanol–water partition coefficient (Wildman–Crippen LogP) is 2.72. The van der Waals surface area contributed by atoms with Crippen molar-refractivity contribution in [3.8, 4) is 6.07 Å². The zero-order chi connectivity index (χ0) is 15.6. The van der Waals surface area contributed by atoms with Gasteiger partial charge in [0, 0.05) is 0 Å². The van der Waals surface area contributed by atoms with Crippen LogP contribution >= 0.6 is 0 Å². The predicted molar refractivity (Wildman–Crippen MR) is 74.3 cm³/mol. The van der Waals surface area contributed by atoms with Crippen molar-refractivity contribution in [3.05, 3.63) is 52.5 Å². The van der Waals surface area contributed by atoms with Crippen molar-refractivity contribution in [2.75, 3.05) is 5.32 Å². The maximum atomic E-state index is 12.1. The summed E-state index contributed by atoms with van der Waals surface area (Å²) in [6, 6.07) is 7.48. The average Bonchev–Trinajstić information content (AvgIpc) is 2.78. The molecule has 0 aliphatic rings. The number of anilines is 1. The Kier molecular flexibility index (Phi) is 3.76. The molecule has 1 heterocycles. The molecule has 0 radical (unpaired) electrons. The van der Waals surface area contributed by atoms with Gasteiger partial charge in [0.05, 0.1) is 28.4 Å². The molecule has 2 N–H and O–H groups in total. The highest BCUT2D eigenvalue weighted by Gasteiger charge is 2.17. The molecule has 2 rings (SSSR count). The zero-order valence-corrected chi connectivity index (χ0v) is 11.4. The summed E-state index contributed by atoms with van der Waals surface area (Å²) in [4.78, 5) is 23.3. The maximum Gasteiger partial charge on any atom is 0.337 e. The second-order valence-corrected chi connectivity index (χ2v) is 4.46. The summed E-state index contributed by atoms with van der Waals surface area (Å²) in [6.07, 6.45) is 0. The molecular weight excluding hydrogens is 272 g/mol. The molecule has 0 unspecified atom stereocenters. The largest absolute Gasteiger partial charge is 0.478 e. The Hall–Kier alpha value is -3.07. The number of carboxylic acids is 1. The van der Waals surface area contributed by atoms with Crippen LogP contribution in [-0.4, -0.2) is 17.0 Å². The topological polar surface area (TPSA) is 103 Å². The van der Waals surface area contributed by atoms with Gasteiger partial charge in [-0.05, 0) is 38.1 Å². The van der Waals surface area contributed by atoms with Crippen LogP contribution in [0.2, 0.25) is 0 Å². The van der Waals surface area contributed by atoms with Gasteiger partial charge in [-0.25, -0.2) is 4.79 Å². The number of furan rings is 1. The number of amides is 1. The fourth-order valence-electron chi connectivity index (χ4n) is 1.95. The molecular formula is C15H12N2O4. The zero-order valence-electron chi connectivity index (χ0n) is 11.4. The fraction of sp³-hybridized carbons (Fsp3) is 0.133. The summed E-state index contributed by atoms with van der Waals surface area (Å²) in [7, 11) is 0. The summed E-state index contributed by atoms with van der Waals surface area (Å²) in [6.45, 7) is 3.37. The van der Waals surface area contributed by atoms with Crippen LogP contribution in [0.1, 0.15) is 37.8 Å². The van der Waals surface area contributed by atoms with E-state index in [9.17, 15) is 9.59 Å². The van der Waals surface area contributed by atoms with Gasteiger partial charge in [0.2, 0.25) is 0 Å². The SMILES string of the molecule is Cc1cc(C(=O)Nc2ccc(C#N)cc2C(=O)O)c(C)o1. The van der Waals surface area contributed by atoms with Crippen LogP contribution in [0.25, 0.3) is 0 Å². The number of aromatic carboxylic acids is 1. The van der Waals surface area contributed by atoms with Crippen LogP contribution in [0.3, 0.4) is 0 Å². The van der Waals surface area contributed by atoms with Crippen LogP contribution in [0, 0.1) is 25.2 Å². The number of carboxylic acid groups (broad SMARTS) is 1. The van der Waals surface area contributed by atoms with Crippen LogP contribution in [0.5, 0.6) is 0 Å². The van der Waals surface area contributed by atoms with Gasteiger partial charge in [0.25, 0.3) is 5.91 Å². The molecule has 0 atom stereocenters. The quantitative estimate of drug-likeness (QED) is 0.901. The van der Waals surface area contributed by atoms with Crippen LogP contribution in [0.4, 0.5) is 5.69 Å². The first kappa shape index (κ1) is 14.3. The van der Waals surface area contributed by atoms with Gasteiger partial charge in [-0.1, -0.05) is 0 Å².